The van der Waals surface area contributed by atoms with E-state index in [0.717, 1.165) is 0 Å². The Morgan fingerprint density at radius 2 is 0.542 bits per heavy atom. The summed E-state index contributed by atoms with van der Waals surface area (Å²) in [6, 6.07) is 0. The van der Waals surface area contributed by atoms with Gasteiger partial charge < -0.3 is 28.1 Å². The van der Waals surface area contributed by atoms with Crippen molar-refractivity contribution in [2.45, 2.75) is 0 Å². The van der Waals surface area contributed by atoms with Gasteiger partial charge in [-0.25, -0.2) is 0 Å². The summed E-state index contributed by atoms with van der Waals surface area (Å²) in [7, 11) is 2.97. The molecule has 0 saturated heterocycles. The number of hydrogen-bond donors (Lipinski definition) is 1. The van der Waals surface area contributed by atoms with E-state index in [0.29, 0.717) is 61.1 Å². The molecule has 0 aliphatic carbocycles. The van der Waals surface area contributed by atoms with Gasteiger partial charge in [0.1, 0.15) is 0 Å². The van der Waals surface area contributed by atoms with E-state index in [9.17, 15) is 0 Å². The summed E-state index contributed by atoms with van der Waals surface area (Å²) in [6.07, 6.45) is 0. The van der Waals surface area contributed by atoms with Gasteiger partial charge in [-0.2, -0.15) is 0 Å². The molecule has 139 valence electrons. The molecule has 0 aromatic carbocycles. The maximum atomic E-state index is 9.00. The smallest absolute Gasteiger partial charge is 0.369 e. The van der Waals surface area contributed by atoms with Gasteiger partial charge in [0.05, 0.1) is 0 Å². The third-order valence-electron chi connectivity index (χ3n) is 1.08. The van der Waals surface area contributed by atoms with E-state index in [4.69, 9.17) is 31.6 Å². The zero-order valence-electron chi connectivity index (χ0n) is 11.5. The van der Waals surface area contributed by atoms with Crippen molar-refractivity contribution in [2.75, 3.05) is 0 Å². The summed E-state index contributed by atoms with van der Waals surface area (Å²) in [6.45, 7) is 0. The topological polar surface area (TPSA) is 305 Å². The molecule has 0 aromatic heterocycles. The molecule has 0 aromatic rings. The molecule has 11 nitrogen and oxygen atoms in total. The van der Waals surface area contributed by atoms with Crippen LogP contribution in [0.2, 0.25) is 0 Å². The van der Waals surface area contributed by atoms with Gasteiger partial charge in [-0.05, 0) is 0 Å². The van der Waals surface area contributed by atoms with E-state index in [-0.39, 0.29) is 28.1 Å². The van der Waals surface area contributed by atoms with Gasteiger partial charge in [-0.1, -0.05) is 0 Å². The summed E-state index contributed by atoms with van der Waals surface area (Å²) >= 11 is 0. The molecule has 0 heterocycles. The van der Waals surface area contributed by atoms with Gasteiger partial charge in [-0.3, -0.25) is 0 Å². The second-order valence-electron chi connectivity index (χ2n) is 1.86. The summed E-state index contributed by atoms with van der Waals surface area (Å²) in [5.74, 6) is 0. The van der Waals surface area contributed by atoms with E-state index >= 15 is 0 Å². The number of thiocyanates is 6. The number of nitriles is 6. The Morgan fingerprint density at radius 3 is 0.625 bits per heavy atom. The van der Waals surface area contributed by atoms with Gasteiger partial charge in [0, 0.05) is 0 Å². The minimum atomic E-state index is -4.90. The van der Waals surface area contributed by atoms with Crippen LogP contribution in [0.5, 0.6) is 0 Å². The number of nitrogens with zero attached hydrogens (tertiary/aromatic N) is 6. The van der Waals surface area contributed by atoms with Gasteiger partial charge in [-0.15, -0.1) is 0 Å². The van der Waals surface area contributed by atoms with E-state index in [1.807, 2.05) is 0 Å². The van der Waals surface area contributed by atoms with Gasteiger partial charge in [0.2, 0.25) is 0 Å². The van der Waals surface area contributed by atoms with Gasteiger partial charge >= 0.3 is 129 Å². The molecule has 24 heavy (non-hydrogen) atoms. The standard InChI is InChI=1S/6CHNS.Fe.H3N.4H2O/c6*2-1-3;;;;;;/h6*3H;;1H3;4*1H2/q;;;;;;+5;;;;;/p-5. The second kappa shape index (κ2) is 14.7. The minimum Gasteiger partial charge on any atom is -0.412 e. The molecule has 0 saturated carbocycles. The molecular formula is C6H12FeN7O4S6. The molecule has 0 aliphatic heterocycles. The van der Waals surface area contributed by atoms with Crippen LogP contribution in [0.25, 0.3) is 0 Å². The average molecular weight is 494 g/mol. The fourth-order valence-electron chi connectivity index (χ4n) is 0.616. The molecule has 0 rings (SSSR count). The van der Waals surface area contributed by atoms with Crippen molar-refractivity contribution in [1.29, 1.82) is 31.6 Å². The van der Waals surface area contributed by atoms with Crippen LogP contribution in [0.4, 0.5) is 0 Å². The predicted octanol–water partition coefficient (Wildman–Crippen LogP) is 1.06. The Bertz CT molecular complexity index is 492. The van der Waals surface area contributed by atoms with E-state index < -0.39 is 4.01 Å². The minimum absolute atomic E-state index is 0. The normalized spacial score (nSPS) is 10.2. The van der Waals surface area contributed by atoms with Crippen LogP contribution in [0.1, 0.15) is 0 Å². The van der Waals surface area contributed by atoms with Crippen LogP contribution in [0.15, 0.2) is 0 Å². The average Bonchev–Trinajstić information content (AvgIpc) is 2.31. The van der Waals surface area contributed by atoms with Crippen LogP contribution in [0.3, 0.4) is 0 Å². The molecule has 0 unspecified atom stereocenters. The number of rotatable bonds is 6. The second-order valence-corrected chi connectivity index (χ2v) is 39.8. The van der Waals surface area contributed by atoms with Gasteiger partial charge in [0.15, 0.2) is 0 Å². The fourth-order valence-corrected chi connectivity index (χ4v) is 22.9. The predicted molar refractivity (Wildman–Crippen MR) is 99.7 cm³/mol. The Labute approximate surface area is 156 Å². The molecule has 0 bridgehead atoms. The largest absolute Gasteiger partial charge is 0.412 e. The maximum absolute atomic E-state index is 9.00. The first-order valence-electron chi connectivity index (χ1n) is 3.43. The van der Waals surface area contributed by atoms with Crippen LogP contribution >= 0.6 is 61.1 Å². The van der Waals surface area contributed by atoms with Crippen molar-refractivity contribution in [2.24, 2.45) is 0 Å². The quantitative estimate of drug-likeness (QED) is 0.400. The molecule has 0 aliphatic rings. The molecule has 0 radical (unpaired) electrons. The van der Waals surface area contributed by atoms with Crippen LogP contribution < -0.4 is 6.15 Å². The Hall–Kier alpha value is -0.641. The van der Waals surface area contributed by atoms with Crippen molar-refractivity contribution < 1.29 is 25.9 Å². The summed E-state index contributed by atoms with van der Waals surface area (Å²) in [5, 5.41) is 64.4. The molecule has 0 spiro atoms. The zero-order chi connectivity index (χ0) is 14.9. The summed E-state index contributed by atoms with van der Waals surface area (Å²) in [4.78, 5) is 0. The first kappa shape index (κ1) is 38.8. The molecular weight excluding hydrogens is 482 g/mol. The van der Waals surface area contributed by atoms with Crippen LogP contribution in [0, 0.1) is 64.0 Å². The first-order valence-corrected chi connectivity index (χ1v) is 15.7. The van der Waals surface area contributed by atoms with Crippen molar-refractivity contribution in [3.63, 3.8) is 0 Å². The van der Waals surface area contributed by atoms with Crippen molar-refractivity contribution >= 4 is 61.1 Å². The first-order chi connectivity index (χ1) is 8.97. The Balaban J connectivity index is -0.000000162. The third-order valence-corrected chi connectivity index (χ3v) is 35.2. The van der Waals surface area contributed by atoms with Crippen LogP contribution in [-0.4, -0.2) is 21.9 Å². The summed E-state index contributed by atoms with van der Waals surface area (Å²) in [5.41, 5.74) is 0. The Kier molecular flexibility index (Phi) is 23.7. The monoisotopic (exact) mass is 494 g/mol. The van der Waals surface area contributed by atoms with E-state index in [2.05, 4.69) is 0 Å². The molecule has 0 amide bonds. The molecule has 12 N–H and O–H groups in total. The van der Waals surface area contributed by atoms with Crippen molar-refractivity contribution in [3.8, 4) is 32.4 Å². The maximum Gasteiger partial charge on any atom is -0.369 e. The third kappa shape index (κ3) is 7.08. The summed E-state index contributed by atoms with van der Waals surface area (Å²) < 4.78 is -4.90. The fraction of sp³-hybridized carbons (Fsp3) is 0. The Morgan fingerprint density at radius 1 is 0.417 bits per heavy atom. The SMILES string of the molecule is N#C[S][Fe-]([S]C#N)([S]C#N)([S]C#N)([S]C#N)[S]C#N.O.O.O.O.[NH4+]. The van der Waals surface area contributed by atoms with Crippen molar-refractivity contribution in [3.05, 3.63) is 0 Å². The van der Waals surface area contributed by atoms with Gasteiger partial charge in [0.25, 0.3) is 0 Å². The molecule has 0 atom stereocenters. The van der Waals surface area contributed by atoms with E-state index in [1.165, 1.54) is 0 Å². The van der Waals surface area contributed by atoms with Crippen LogP contribution in [-0.2, 0) is 4.01 Å². The number of hydrogen-bond acceptors (Lipinski definition) is 12. The van der Waals surface area contributed by atoms with E-state index in [1.54, 1.807) is 32.4 Å². The zero-order valence-corrected chi connectivity index (χ0v) is 17.5. The number of quaternary nitrogens is 1. The molecule has 0 fully saturated rings. The molecule has 18 heteroatoms. The van der Waals surface area contributed by atoms with Crippen molar-refractivity contribution in [1.82, 2.24) is 6.15 Å².